The topological polar surface area (TPSA) is 59.9 Å². The lowest BCUT2D eigenvalue weighted by molar-refractivity contribution is 0.148. The van der Waals surface area contributed by atoms with Crippen LogP contribution >= 0.6 is 11.3 Å². The molecule has 0 amide bonds. The van der Waals surface area contributed by atoms with Crippen LogP contribution < -0.4 is 10.1 Å². The van der Waals surface area contributed by atoms with Crippen LogP contribution in [0.5, 0.6) is 5.88 Å². The van der Waals surface area contributed by atoms with Gasteiger partial charge in [-0.05, 0) is 32.6 Å². The zero-order chi connectivity index (χ0) is 15.2. The van der Waals surface area contributed by atoms with E-state index in [9.17, 15) is 0 Å². The molecule has 0 saturated heterocycles. The molecule has 2 heterocycles. The molecule has 1 aliphatic carbocycles. The summed E-state index contributed by atoms with van der Waals surface area (Å²) in [4.78, 5) is 14.3. The molecule has 0 aromatic carbocycles. The number of aromatic nitrogens is 3. The van der Waals surface area contributed by atoms with Gasteiger partial charge < -0.3 is 10.1 Å². The maximum absolute atomic E-state index is 5.94. The summed E-state index contributed by atoms with van der Waals surface area (Å²) in [5.41, 5.74) is 0. The number of anilines is 1. The fraction of sp³-hybridized carbons (Fsp3) is 0.562. The van der Waals surface area contributed by atoms with Gasteiger partial charge in [-0.1, -0.05) is 6.42 Å². The van der Waals surface area contributed by atoms with Gasteiger partial charge in [0.25, 0.3) is 0 Å². The molecule has 0 atom stereocenters. The van der Waals surface area contributed by atoms with Gasteiger partial charge in [0.1, 0.15) is 11.9 Å². The summed E-state index contributed by atoms with van der Waals surface area (Å²) in [5, 5.41) is 4.44. The molecule has 1 aliphatic rings. The first-order chi connectivity index (χ1) is 10.8. The van der Waals surface area contributed by atoms with Gasteiger partial charge in [-0.2, -0.15) is 4.98 Å². The lowest BCUT2D eigenvalue weighted by Gasteiger charge is -2.22. The molecule has 118 valence electrons. The Balaban J connectivity index is 1.50. The lowest BCUT2D eigenvalue weighted by atomic mass is 9.98. The molecule has 0 aliphatic heterocycles. The van der Waals surface area contributed by atoms with Crippen LogP contribution in [0.4, 0.5) is 5.82 Å². The molecule has 6 heteroatoms. The molecule has 1 saturated carbocycles. The van der Waals surface area contributed by atoms with Crippen molar-refractivity contribution in [3.8, 4) is 5.88 Å². The summed E-state index contributed by atoms with van der Waals surface area (Å²) in [5.74, 6) is 1.39. The highest BCUT2D eigenvalue weighted by molar-refractivity contribution is 7.11. The van der Waals surface area contributed by atoms with Crippen molar-refractivity contribution in [2.45, 2.75) is 51.6 Å². The van der Waals surface area contributed by atoms with Gasteiger partial charge in [0, 0.05) is 24.0 Å². The van der Waals surface area contributed by atoms with Crippen LogP contribution in [0.25, 0.3) is 0 Å². The first-order valence-electron chi connectivity index (χ1n) is 7.93. The molecule has 0 spiro atoms. The first kappa shape index (κ1) is 15.2. The molecule has 0 bridgehead atoms. The van der Waals surface area contributed by atoms with E-state index >= 15 is 0 Å². The molecule has 1 fully saturated rings. The molecule has 3 rings (SSSR count). The molecule has 0 radical (unpaired) electrons. The van der Waals surface area contributed by atoms with E-state index < -0.39 is 0 Å². The van der Waals surface area contributed by atoms with Crippen LogP contribution in [-0.4, -0.2) is 27.6 Å². The molecule has 5 nitrogen and oxygen atoms in total. The van der Waals surface area contributed by atoms with E-state index in [1.807, 2.05) is 6.20 Å². The maximum Gasteiger partial charge on any atom is 0.234 e. The standard InChI is InChI=1S/C16H22N4OS/c1-12-9-19-16(22-12)7-8-18-14-10-17-11-15(20-14)21-13-5-3-2-4-6-13/h9-11,13H,2-8H2,1H3,(H,18,20). The summed E-state index contributed by atoms with van der Waals surface area (Å²) in [6, 6.07) is 0. The van der Waals surface area contributed by atoms with Crippen LogP contribution in [0.15, 0.2) is 18.6 Å². The number of aryl methyl sites for hydroxylation is 1. The number of rotatable bonds is 6. The molecule has 2 aromatic rings. The molecule has 1 N–H and O–H groups in total. The van der Waals surface area contributed by atoms with Gasteiger partial charge in [-0.25, -0.2) is 4.98 Å². The predicted octanol–water partition coefficient (Wildman–Crippen LogP) is 3.61. The average molecular weight is 318 g/mol. The summed E-state index contributed by atoms with van der Waals surface area (Å²) >= 11 is 1.74. The number of ether oxygens (including phenoxy) is 1. The van der Waals surface area contributed by atoms with Crippen molar-refractivity contribution in [1.29, 1.82) is 0 Å². The average Bonchev–Trinajstić information content (AvgIpc) is 2.94. The highest BCUT2D eigenvalue weighted by Crippen LogP contribution is 2.22. The van der Waals surface area contributed by atoms with Crippen LogP contribution in [0, 0.1) is 6.92 Å². The largest absolute Gasteiger partial charge is 0.473 e. The minimum atomic E-state index is 0.302. The van der Waals surface area contributed by atoms with Crippen LogP contribution in [0.3, 0.4) is 0 Å². The van der Waals surface area contributed by atoms with E-state index in [2.05, 4.69) is 27.2 Å². The Kier molecular flexibility index (Phi) is 5.21. The van der Waals surface area contributed by atoms with Gasteiger partial charge in [-0.15, -0.1) is 11.3 Å². The van der Waals surface area contributed by atoms with Crippen molar-refractivity contribution >= 4 is 17.2 Å². The third-order valence-corrected chi connectivity index (χ3v) is 4.74. The predicted molar refractivity (Wildman–Crippen MR) is 88.6 cm³/mol. The number of thiazole rings is 1. The van der Waals surface area contributed by atoms with Gasteiger partial charge >= 0.3 is 0 Å². The van der Waals surface area contributed by atoms with Crippen molar-refractivity contribution in [3.63, 3.8) is 0 Å². The molecule has 22 heavy (non-hydrogen) atoms. The van der Waals surface area contributed by atoms with Crippen molar-refractivity contribution in [3.05, 3.63) is 28.5 Å². The number of nitrogens with zero attached hydrogens (tertiary/aromatic N) is 3. The van der Waals surface area contributed by atoms with Crippen LogP contribution in [-0.2, 0) is 6.42 Å². The SMILES string of the molecule is Cc1cnc(CCNc2cncc(OC3CCCCC3)n2)s1. The van der Waals surface area contributed by atoms with E-state index in [1.165, 1.54) is 24.1 Å². The van der Waals surface area contributed by atoms with E-state index in [1.54, 1.807) is 23.7 Å². The zero-order valence-electron chi connectivity index (χ0n) is 12.9. The van der Waals surface area contributed by atoms with E-state index in [-0.39, 0.29) is 0 Å². The zero-order valence-corrected chi connectivity index (χ0v) is 13.7. The quantitative estimate of drug-likeness (QED) is 0.881. The summed E-state index contributed by atoms with van der Waals surface area (Å²) in [6.45, 7) is 2.88. The van der Waals surface area contributed by atoms with Gasteiger partial charge in [-0.3, -0.25) is 4.98 Å². The molecule has 2 aromatic heterocycles. The van der Waals surface area contributed by atoms with Gasteiger partial charge in [0.15, 0.2) is 0 Å². The highest BCUT2D eigenvalue weighted by atomic mass is 32.1. The second-order valence-corrected chi connectivity index (χ2v) is 6.98. The summed E-state index contributed by atoms with van der Waals surface area (Å²) < 4.78 is 5.94. The lowest BCUT2D eigenvalue weighted by Crippen LogP contribution is -2.20. The fourth-order valence-electron chi connectivity index (χ4n) is 2.66. The van der Waals surface area contributed by atoms with Crippen LogP contribution in [0.1, 0.15) is 42.0 Å². The summed E-state index contributed by atoms with van der Waals surface area (Å²) in [7, 11) is 0. The van der Waals surface area contributed by atoms with Gasteiger partial charge in [0.2, 0.25) is 5.88 Å². The first-order valence-corrected chi connectivity index (χ1v) is 8.75. The Morgan fingerprint density at radius 2 is 2.09 bits per heavy atom. The number of hydrogen-bond donors (Lipinski definition) is 1. The van der Waals surface area contributed by atoms with E-state index in [0.717, 1.165) is 36.6 Å². The fourth-order valence-corrected chi connectivity index (χ4v) is 3.44. The Bertz CT molecular complexity index is 595. The normalized spacial score (nSPS) is 15.7. The van der Waals surface area contributed by atoms with Crippen molar-refractivity contribution in [2.24, 2.45) is 0 Å². The minimum absolute atomic E-state index is 0.302. The second kappa shape index (κ2) is 7.54. The maximum atomic E-state index is 5.94. The monoisotopic (exact) mass is 318 g/mol. The Hall–Kier alpha value is -1.69. The third kappa shape index (κ3) is 4.40. The number of hydrogen-bond acceptors (Lipinski definition) is 6. The molecule has 0 unspecified atom stereocenters. The van der Waals surface area contributed by atoms with E-state index in [4.69, 9.17) is 4.74 Å². The smallest absolute Gasteiger partial charge is 0.234 e. The Morgan fingerprint density at radius 1 is 1.23 bits per heavy atom. The highest BCUT2D eigenvalue weighted by Gasteiger charge is 2.15. The second-order valence-electron chi connectivity index (χ2n) is 5.66. The van der Waals surface area contributed by atoms with E-state index in [0.29, 0.717) is 12.0 Å². The van der Waals surface area contributed by atoms with Crippen molar-refractivity contribution in [1.82, 2.24) is 15.0 Å². The third-order valence-electron chi connectivity index (χ3n) is 3.77. The van der Waals surface area contributed by atoms with Crippen LogP contribution in [0.2, 0.25) is 0 Å². The molecular formula is C16H22N4OS. The van der Waals surface area contributed by atoms with Crippen molar-refractivity contribution < 1.29 is 4.74 Å². The van der Waals surface area contributed by atoms with Crippen molar-refractivity contribution in [2.75, 3.05) is 11.9 Å². The molecular weight excluding hydrogens is 296 g/mol. The number of nitrogens with one attached hydrogen (secondary N) is 1. The summed E-state index contributed by atoms with van der Waals surface area (Å²) in [6.07, 6.45) is 12.6. The van der Waals surface area contributed by atoms with Gasteiger partial charge in [0.05, 0.1) is 17.4 Å². The minimum Gasteiger partial charge on any atom is -0.473 e. The Labute approximate surface area is 135 Å². The Morgan fingerprint density at radius 3 is 2.86 bits per heavy atom.